The van der Waals surface area contributed by atoms with Crippen molar-refractivity contribution in [1.29, 1.82) is 0 Å². The van der Waals surface area contributed by atoms with Crippen LogP contribution in [0.1, 0.15) is 19.3 Å². The molecule has 2 heterocycles. The summed E-state index contributed by atoms with van der Waals surface area (Å²) in [6.07, 6.45) is 1.10. The lowest BCUT2D eigenvalue weighted by molar-refractivity contribution is -0.138. The molecule has 0 spiro atoms. The van der Waals surface area contributed by atoms with Gasteiger partial charge in [-0.1, -0.05) is 0 Å². The fraction of sp³-hybridized carbons (Fsp3) is 0.909. The van der Waals surface area contributed by atoms with Crippen LogP contribution in [0.3, 0.4) is 0 Å². The number of nitrogens with zero attached hydrogens (tertiary/aromatic N) is 1. The molecule has 1 N–H and O–H groups in total. The second-order valence-corrected chi connectivity index (χ2v) is 4.51. The molecule has 4 nitrogen and oxygen atoms in total. The number of hydrogen-bond acceptors (Lipinski definition) is 3. The Hall–Kier alpha value is -0.680. The predicted octanol–water partition coefficient (Wildman–Crippen LogP) is 0.324. The van der Waals surface area contributed by atoms with Gasteiger partial charge in [-0.05, 0) is 25.8 Å². The fourth-order valence-electron chi connectivity index (χ4n) is 2.46. The molecular formula is C11H19FN2O2. The van der Waals surface area contributed by atoms with Crippen molar-refractivity contribution >= 4 is 5.91 Å². The molecule has 0 aromatic rings. The minimum atomic E-state index is -1.05. The summed E-state index contributed by atoms with van der Waals surface area (Å²) in [6, 6.07) is -0.0914. The average molecular weight is 230 g/mol. The molecule has 2 fully saturated rings. The molecule has 3 atom stereocenters. The van der Waals surface area contributed by atoms with Crippen molar-refractivity contribution in [3.8, 4) is 0 Å². The van der Waals surface area contributed by atoms with Crippen LogP contribution in [0.25, 0.3) is 0 Å². The Morgan fingerprint density at radius 1 is 1.50 bits per heavy atom. The minimum absolute atomic E-state index is 0.0507. The highest BCUT2D eigenvalue weighted by atomic mass is 19.1. The molecular weight excluding hydrogens is 211 g/mol. The lowest BCUT2D eigenvalue weighted by atomic mass is 10.0. The van der Waals surface area contributed by atoms with Gasteiger partial charge in [0.2, 0.25) is 5.91 Å². The van der Waals surface area contributed by atoms with Gasteiger partial charge in [0.15, 0.2) is 0 Å². The van der Waals surface area contributed by atoms with Crippen LogP contribution < -0.4 is 5.32 Å². The van der Waals surface area contributed by atoms with E-state index < -0.39 is 6.17 Å². The maximum absolute atomic E-state index is 13.6. The number of alkyl halides is 1. The van der Waals surface area contributed by atoms with Gasteiger partial charge in [-0.2, -0.15) is 0 Å². The number of halogens is 1. The van der Waals surface area contributed by atoms with Gasteiger partial charge in [0.25, 0.3) is 0 Å². The molecule has 2 rings (SSSR count). The molecule has 2 saturated heterocycles. The number of carbonyl (C=O) groups excluding carboxylic acids is 1. The minimum Gasteiger partial charge on any atom is -0.378 e. The highest BCUT2D eigenvalue weighted by Gasteiger charge is 2.34. The third kappa shape index (κ3) is 2.35. The van der Waals surface area contributed by atoms with Crippen molar-refractivity contribution in [1.82, 2.24) is 10.2 Å². The summed E-state index contributed by atoms with van der Waals surface area (Å²) in [5, 5.41) is 3.15. The van der Waals surface area contributed by atoms with Gasteiger partial charge in [-0.3, -0.25) is 4.79 Å². The van der Waals surface area contributed by atoms with Gasteiger partial charge < -0.3 is 15.0 Å². The van der Waals surface area contributed by atoms with Crippen LogP contribution in [0.15, 0.2) is 0 Å². The van der Waals surface area contributed by atoms with Crippen LogP contribution in [0.4, 0.5) is 4.39 Å². The second kappa shape index (κ2) is 5.10. The molecule has 0 bridgehead atoms. The van der Waals surface area contributed by atoms with Crippen LogP contribution in [0.5, 0.6) is 0 Å². The first-order valence-corrected chi connectivity index (χ1v) is 5.91. The molecule has 92 valence electrons. The highest BCUT2D eigenvalue weighted by molar-refractivity contribution is 5.82. The van der Waals surface area contributed by atoms with Crippen molar-refractivity contribution in [2.75, 3.05) is 26.7 Å². The fourth-order valence-corrected chi connectivity index (χ4v) is 2.46. The molecule has 0 aromatic carbocycles. The first-order valence-electron chi connectivity index (χ1n) is 5.91. The number of amides is 1. The van der Waals surface area contributed by atoms with Crippen molar-refractivity contribution < 1.29 is 13.9 Å². The van der Waals surface area contributed by atoms with Crippen LogP contribution in [-0.2, 0) is 9.53 Å². The van der Waals surface area contributed by atoms with E-state index in [0.717, 1.165) is 19.4 Å². The van der Waals surface area contributed by atoms with E-state index in [4.69, 9.17) is 4.74 Å². The lowest BCUT2D eigenvalue weighted by Crippen LogP contribution is -2.52. The molecule has 0 radical (unpaired) electrons. The largest absolute Gasteiger partial charge is 0.378 e. The zero-order chi connectivity index (χ0) is 11.5. The maximum atomic E-state index is 13.6. The molecule has 0 aliphatic carbocycles. The Labute approximate surface area is 95.1 Å². The number of likely N-dealkylation sites (tertiary alicyclic amines) is 1. The quantitative estimate of drug-likeness (QED) is 0.743. The van der Waals surface area contributed by atoms with E-state index in [2.05, 4.69) is 5.32 Å². The topological polar surface area (TPSA) is 41.6 Å². The maximum Gasteiger partial charge on any atom is 0.239 e. The number of nitrogens with one attached hydrogen (secondary N) is 1. The zero-order valence-electron chi connectivity index (χ0n) is 9.62. The van der Waals surface area contributed by atoms with Crippen molar-refractivity contribution in [2.24, 2.45) is 0 Å². The van der Waals surface area contributed by atoms with Gasteiger partial charge in [-0.15, -0.1) is 0 Å². The summed E-state index contributed by atoms with van der Waals surface area (Å²) in [4.78, 5) is 13.6. The average Bonchev–Trinajstić information content (AvgIpc) is 2.81. The lowest BCUT2D eigenvalue weighted by Gasteiger charge is -2.35. The normalized spacial score (nSPS) is 35.4. The van der Waals surface area contributed by atoms with E-state index in [0.29, 0.717) is 13.0 Å². The van der Waals surface area contributed by atoms with Crippen molar-refractivity contribution in [2.45, 2.75) is 37.6 Å². The number of methoxy groups -OCH3 is 1. The van der Waals surface area contributed by atoms with Gasteiger partial charge in [0, 0.05) is 13.7 Å². The van der Waals surface area contributed by atoms with E-state index >= 15 is 0 Å². The van der Waals surface area contributed by atoms with E-state index in [-0.39, 0.29) is 24.6 Å². The van der Waals surface area contributed by atoms with Crippen LogP contribution >= 0.6 is 0 Å². The number of piperidine rings is 1. The van der Waals surface area contributed by atoms with Gasteiger partial charge in [-0.25, -0.2) is 4.39 Å². The number of ether oxygens (including phenoxy) is 1. The number of hydrogen-bond donors (Lipinski definition) is 1. The third-order valence-corrected chi connectivity index (χ3v) is 3.45. The standard InChI is InChI=1S/C11H19FN2O2/c1-16-10-4-6-14(7-8(10)12)11(15)9-3-2-5-13-9/h8-10,13H,2-7H2,1H3/t8-,9+,10+/m1/s1. The van der Waals surface area contributed by atoms with Crippen molar-refractivity contribution in [3.05, 3.63) is 0 Å². The second-order valence-electron chi connectivity index (χ2n) is 4.51. The summed E-state index contributed by atoms with van der Waals surface area (Å²) >= 11 is 0. The van der Waals surface area contributed by atoms with E-state index in [1.807, 2.05) is 0 Å². The summed E-state index contributed by atoms with van der Waals surface area (Å²) < 4.78 is 18.6. The smallest absolute Gasteiger partial charge is 0.239 e. The first kappa shape index (κ1) is 11.8. The number of carbonyl (C=O) groups is 1. The van der Waals surface area contributed by atoms with Crippen LogP contribution in [0.2, 0.25) is 0 Å². The molecule has 0 unspecified atom stereocenters. The highest BCUT2D eigenvalue weighted by Crippen LogP contribution is 2.19. The first-order chi connectivity index (χ1) is 7.72. The Morgan fingerprint density at radius 2 is 2.31 bits per heavy atom. The van der Waals surface area contributed by atoms with Crippen LogP contribution in [-0.4, -0.2) is 55.9 Å². The molecule has 0 saturated carbocycles. The molecule has 16 heavy (non-hydrogen) atoms. The molecule has 2 aliphatic rings. The summed E-state index contributed by atoms with van der Waals surface area (Å²) in [5.41, 5.74) is 0. The van der Waals surface area contributed by atoms with Crippen molar-refractivity contribution in [3.63, 3.8) is 0 Å². The summed E-state index contributed by atoms with van der Waals surface area (Å²) in [6.45, 7) is 1.68. The zero-order valence-corrected chi connectivity index (χ0v) is 9.62. The summed E-state index contributed by atoms with van der Waals surface area (Å²) in [5.74, 6) is 0.0507. The van der Waals surface area contributed by atoms with Gasteiger partial charge >= 0.3 is 0 Å². The SMILES string of the molecule is CO[C@H]1CCN(C(=O)[C@@H]2CCCN2)C[C@H]1F. The molecule has 0 aromatic heterocycles. The third-order valence-electron chi connectivity index (χ3n) is 3.45. The Balaban J connectivity index is 1.88. The Morgan fingerprint density at radius 3 is 2.88 bits per heavy atom. The Kier molecular flexibility index (Phi) is 3.76. The molecule has 2 aliphatic heterocycles. The van der Waals surface area contributed by atoms with E-state index in [1.165, 1.54) is 7.11 Å². The number of rotatable bonds is 2. The van der Waals surface area contributed by atoms with Gasteiger partial charge in [0.1, 0.15) is 6.17 Å². The monoisotopic (exact) mass is 230 g/mol. The van der Waals surface area contributed by atoms with E-state index in [9.17, 15) is 9.18 Å². The molecule has 5 heteroatoms. The summed E-state index contributed by atoms with van der Waals surface area (Å²) in [7, 11) is 1.52. The predicted molar refractivity (Wildman–Crippen MR) is 57.9 cm³/mol. The molecule has 1 amide bonds. The van der Waals surface area contributed by atoms with Crippen LogP contribution in [0, 0.1) is 0 Å². The van der Waals surface area contributed by atoms with E-state index in [1.54, 1.807) is 4.90 Å². The Bertz CT molecular complexity index is 256. The van der Waals surface area contributed by atoms with Gasteiger partial charge in [0.05, 0.1) is 18.7 Å².